The number of rotatable bonds is 2. The summed E-state index contributed by atoms with van der Waals surface area (Å²) in [5, 5.41) is 4.27. The third-order valence-electron chi connectivity index (χ3n) is 4.16. The van der Waals surface area contributed by atoms with Gasteiger partial charge in [0.2, 0.25) is 5.91 Å². The number of carbonyl (C=O) groups is 2. The van der Waals surface area contributed by atoms with Crippen LogP contribution in [0.15, 0.2) is 24.4 Å². The maximum absolute atomic E-state index is 12.7. The van der Waals surface area contributed by atoms with Gasteiger partial charge in [-0.1, -0.05) is 6.07 Å². The molecule has 7 heteroatoms. The Bertz CT molecular complexity index is 753. The standard InChI is InChI=1S/C16H19N5O2/c1-11-15(12(2)19(3)18-11)16(23)20-8-9-21(14(22)10-20)13-6-4-5-7-17-13/h4-7H,8-10H2,1-3H3. The van der Waals surface area contributed by atoms with Gasteiger partial charge in [-0.25, -0.2) is 4.98 Å². The van der Waals surface area contributed by atoms with E-state index in [0.29, 0.717) is 30.2 Å². The van der Waals surface area contributed by atoms with Gasteiger partial charge in [0.15, 0.2) is 0 Å². The minimum atomic E-state index is -0.137. The zero-order valence-electron chi connectivity index (χ0n) is 13.5. The van der Waals surface area contributed by atoms with Gasteiger partial charge < -0.3 is 4.90 Å². The van der Waals surface area contributed by atoms with Crippen LogP contribution in [0.1, 0.15) is 21.7 Å². The van der Waals surface area contributed by atoms with Crippen molar-refractivity contribution in [2.45, 2.75) is 13.8 Å². The Morgan fingerprint density at radius 3 is 2.57 bits per heavy atom. The molecule has 0 N–H and O–H groups in total. The zero-order chi connectivity index (χ0) is 16.6. The molecule has 1 aliphatic heterocycles. The van der Waals surface area contributed by atoms with Crippen LogP contribution in [0.5, 0.6) is 0 Å². The first-order valence-electron chi connectivity index (χ1n) is 7.50. The van der Waals surface area contributed by atoms with Crippen molar-refractivity contribution in [1.82, 2.24) is 19.7 Å². The van der Waals surface area contributed by atoms with Gasteiger partial charge in [0.25, 0.3) is 5.91 Å². The van der Waals surface area contributed by atoms with Crippen molar-refractivity contribution in [3.05, 3.63) is 41.3 Å². The van der Waals surface area contributed by atoms with Gasteiger partial charge in [-0.3, -0.25) is 19.2 Å². The van der Waals surface area contributed by atoms with E-state index in [0.717, 1.165) is 5.69 Å². The highest BCUT2D eigenvalue weighted by molar-refractivity contribution is 6.02. The number of anilines is 1. The molecule has 3 heterocycles. The Kier molecular flexibility index (Phi) is 3.85. The second-order valence-corrected chi connectivity index (χ2v) is 5.63. The lowest BCUT2D eigenvalue weighted by molar-refractivity contribution is -0.120. The Morgan fingerprint density at radius 2 is 2.00 bits per heavy atom. The monoisotopic (exact) mass is 313 g/mol. The predicted molar refractivity (Wildman–Crippen MR) is 85.2 cm³/mol. The molecule has 0 unspecified atom stereocenters. The second kappa shape index (κ2) is 5.83. The van der Waals surface area contributed by atoms with Crippen molar-refractivity contribution in [1.29, 1.82) is 0 Å². The molecule has 1 aliphatic rings. The average Bonchev–Trinajstić information content (AvgIpc) is 2.80. The number of aromatic nitrogens is 3. The van der Waals surface area contributed by atoms with Crippen molar-refractivity contribution >= 4 is 17.6 Å². The molecule has 1 fully saturated rings. The number of pyridine rings is 1. The summed E-state index contributed by atoms with van der Waals surface area (Å²) in [5.41, 5.74) is 2.09. The molecule has 2 aromatic rings. The summed E-state index contributed by atoms with van der Waals surface area (Å²) in [4.78, 5) is 32.5. The Hall–Kier alpha value is -2.70. The van der Waals surface area contributed by atoms with Crippen molar-refractivity contribution in [3.8, 4) is 0 Å². The molecule has 0 saturated carbocycles. The smallest absolute Gasteiger partial charge is 0.258 e. The maximum Gasteiger partial charge on any atom is 0.258 e. The molecular weight excluding hydrogens is 294 g/mol. The highest BCUT2D eigenvalue weighted by atomic mass is 16.2. The van der Waals surface area contributed by atoms with Gasteiger partial charge in [0.1, 0.15) is 12.4 Å². The fraction of sp³-hybridized carbons (Fsp3) is 0.375. The van der Waals surface area contributed by atoms with E-state index in [2.05, 4.69) is 10.1 Å². The molecule has 0 aromatic carbocycles. The number of aryl methyl sites for hydroxylation is 2. The molecule has 0 radical (unpaired) electrons. The molecular formula is C16H19N5O2. The summed E-state index contributed by atoms with van der Waals surface area (Å²) >= 11 is 0. The lowest BCUT2D eigenvalue weighted by Gasteiger charge is -2.33. The molecule has 3 rings (SSSR count). The molecule has 7 nitrogen and oxygen atoms in total. The number of piperazine rings is 1. The predicted octanol–water partition coefficient (Wildman–Crippen LogP) is 0.921. The van der Waals surface area contributed by atoms with Gasteiger partial charge >= 0.3 is 0 Å². The second-order valence-electron chi connectivity index (χ2n) is 5.63. The summed E-state index contributed by atoms with van der Waals surface area (Å²) in [5.74, 6) is 0.364. The van der Waals surface area contributed by atoms with Crippen LogP contribution in [0.3, 0.4) is 0 Å². The number of carbonyl (C=O) groups excluding carboxylic acids is 2. The minimum absolute atomic E-state index is 0.0587. The molecule has 23 heavy (non-hydrogen) atoms. The molecule has 0 bridgehead atoms. The summed E-state index contributed by atoms with van der Waals surface area (Å²) in [6.07, 6.45) is 1.66. The third-order valence-corrected chi connectivity index (χ3v) is 4.16. The molecule has 2 aromatic heterocycles. The number of hydrogen-bond acceptors (Lipinski definition) is 4. The minimum Gasteiger partial charge on any atom is -0.327 e. The SMILES string of the molecule is Cc1nn(C)c(C)c1C(=O)N1CCN(c2ccccn2)C(=O)C1. The Morgan fingerprint density at radius 1 is 1.22 bits per heavy atom. The van der Waals surface area contributed by atoms with Crippen molar-refractivity contribution in [3.63, 3.8) is 0 Å². The zero-order valence-corrected chi connectivity index (χ0v) is 13.5. The topological polar surface area (TPSA) is 71.3 Å². The van der Waals surface area contributed by atoms with E-state index in [1.807, 2.05) is 33.0 Å². The van der Waals surface area contributed by atoms with Crippen LogP contribution in [-0.4, -0.2) is 51.1 Å². The van der Waals surface area contributed by atoms with Crippen molar-refractivity contribution in [2.75, 3.05) is 24.5 Å². The summed E-state index contributed by atoms with van der Waals surface area (Å²) in [6, 6.07) is 5.45. The van der Waals surface area contributed by atoms with E-state index in [9.17, 15) is 9.59 Å². The molecule has 0 aliphatic carbocycles. The van der Waals surface area contributed by atoms with Crippen LogP contribution >= 0.6 is 0 Å². The van der Waals surface area contributed by atoms with Crippen LogP contribution in [0.25, 0.3) is 0 Å². The fourth-order valence-corrected chi connectivity index (χ4v) is 2.84. The quantitative estimate of drug-likeness (QED) is 0.826. The number of nitrogens with zero attached hydrogens (tertiary/aromatic N) is 5. The van der Waals surface area contributed by atoms with Gasteiger partial charge in [-0.2, -0.15) is 5.10 Å². The molecule has 1 saturated heterocycles. The molecule has 0 atom stereocenters. The molecule has 120 valence electrons. The maximum atomic E-state index is 12.7. The van der Waals surface area contributed by atoms with Crippen molar-refractivity contribution < 1.29 is 9.59 Å². The van der Waals surface area contributed by atoms with E-state index in [-0.39, 0.29) is 18.4 Å². The van der Waals surface area contributed by atoms with E-state index in [1.54, 1.807) is 26.7 Å². The molecule has 0 spiro atoms. The third kappa shape index (κ3) is 2.69. The fourth-order valence-electron chi connectivity index (χ4n) is 2.84. The highest BCUT2D eigenvalue weighted by Crippen LogP contribution is 2.18. The van der Waals surface area contributed by atoms with Crippen LogP contribution in [0.2, 0.25) is 0 Å². The number of hydrogen-bond donors (Lipinski definition) is 0. The van der Waals surface area contributed by atoms with Crippen LogP contribution in [0.4, 0.5) is 5.82 Å². The lowest BCUT2D eigenvalue weighted by atomic mass is 10.1. The lowest BCUT2D eigenvalue weighted by Crippen LogP contribution is -2.52. The van der Waals surface area contributed by atoms with Crippen LogP contribution in [0, 0.1) is 13.8 Å². The summed E-state index contributed by atoms with van der Waals surface area (Å²) < 4.78 is 1.69. The average molecular weight is 313 g/mol. The molecule has 2 amide bonds. The van der Waals surface area contributed by atoms with Gasteiger partial charge in [0, 0.05) is 32.0 Å². The first kappa shape index (κ1) is 15.2. The van der Waals surface area contributed by atoms with E-state index in [1.165, 1.54) is 0 Å². The van der Waals surface area contributed by atoms with Gasteiger partial charge in [0.05, 0.1) is 11.3 Å². The first-order chi connectivity index (χ1) is 11.0. The van der Waals surface area contributed by atoms with Crippen LogP contribution < -0.4 is 4.90 Å². The highest BCUT2D eigenvalue weighted by Gasteiger charge is 2.31. The Balaban J connectivity index is 1.78. The Labute approximate surface area is 134 Å². The normalized spacial score (nSPS) is 15.2. The van der Waals surface area contributed by atoms with E-state index < -0.39 is 0 Å². The van der Waals surface area contributed by atoms with E-state index in [4.69, 9.17) is 0 Å². The first-order valence-corrected chi connectivity index (χ1v) is 7.50. The van der Waals surface area contributed by atoms with Gasteiger partial charge in [-0.05, 0) is 26.0 Å². The van der Waals surface area contributed by atoms with Crippen molar-refractivity contribution in [2.24, 2.45) is 7.05 Å². The van der Waals surface area contributed by atoms with Crippen LogP contribution in [-0.2, 0) is 11.8 Å². The largest absolute Gasteiger partial charge is 0.327 e. The van der Waals surface area contributed by atoms with E-state index >= 15 is 0 Å². The number of amides is 2. The summed E-state index contributed by atoms with van der Waals surface area (Å²) in [7, 11) is 1.81. The van der Waals surface area contributed by atoms with Gasteiger partial charge in [-0.15, -0.1) is 0 Å². The summed E-state index contributed by atoms with van der Waals surface area (Å²) in [6.45, 7) is 4.66.